The molecule has 0 aliphatic carbocycles. The van der Waals surface area contributed by atoms with Crippen molar-refractivity contribution in [2.24, 2.45) is 11.8 Å². The summed E-state index contributed by atoms with van der Waals surface area (Å²) in [6.07, 6.45) is 1.76. The summed E-state index contributed by atoms with van der Waals surface area (Å²) in [5.41, 5.74) is 0.708. The van der Waals surface area contributed by atoms with Crippen molar-refractivity contribution in [2.45, 2.75) is 33.1 Å². The minimum Gasteiger partial charge on any atom is -0.465 e. The minimum absolute atomic E-state index is 0.146. The Hall–Kier alpha value is -2.08. The lowest BCUT2D eigenvalue weighted by molar-refractivity contribution is -0.135. The summed E-state index contributed by atoms with van der Waals surface area (Å²) >= 11 is 6.12. The molecule has 0 bridgehead atoms. The molecular formula is C19H25ClN2O4. The van der Waals surface area contributed by atoms with Gasteiger partial charge in [-0.15, -0.1) is 0 Å². The number of anilines is 1. The minimum atomic E-state index is -0.492. The van der Waals surface area contributed by atoms with Crippen LogP contribution in [0.1, 0.15) is 43.5 Å². The van der Waals surface area contributed by atoms with E-state index in [0.29, 0.717) is 54.5 Å². The van der Waals surface area contributed by atoms with Crippen LogP contribution in [0.3, 0.4) is 0 Å². The first-order valence-electron chi connectivity index (χ1n) is 8.78. The lowest BCUT2D eigenvalue weighted by Crippen LogP contribution is -2.41. The predicted octanol–water partition coefficient (Wildman–Crippen LogP) is 3.35. The fourth-order valence-corrected chi connectivity index (χ4v) is 3.13. The summed E-state index contributed by atoms with van der Waals surface area (Å²) in [6, 6.07) is 4.60. The zero-order valence-corrected chi connectivity index (χ0v) is 16.1. The number of hydrogen-bond acceptors (Lipinski definition) is 4. The number of benzene rings is 1. The van der Waals surface area contributed by atoms with Crippen LogP contribution in [-0.2, 0) is 14.3 Å². The zero-order valence-electron chi connectivity index (χ0n) is 15.4. The maximum atomic E-state index is 12.5. The number of nitrogens with zero attached hydrogens (tertiary/aromatic N) is 1. The van der Waals surface area contributed by atoms with Gasteiger partial charge < -0.3 is 15.0 Å². The summed E-state index contributed by atoms with van der Waals surface area (Å²) < 4.78 is 4.68. The third-order valence-electron chi connectivity index (χ3n) is 4.45. The van der Waals surface area contributed by atoms with Crippen LogP contribution in [0, 0.1) is 11.8 Å². The van der Waals surface area contributed by atoms with E-state index in [-0.39, 0.29) is 17.7 Å². The number of hydrogen-bond donors (Lipinski definition) is 1. The van der Waals surface area contributed by atoms with E-state index >= 15 is 0 Å². The molecule has 0 radical (unpaired) electrons. The quantitative estimate of drug-likeness (QED) is 0.795. The molecule has 0 unspecified atom stereocenters. The molecule has 0 atom stereocenters. The largest absolute Gasteiger partial charge is 0.465 e. The molecule has 1 saturated heterocycles. The second kappa shape index (κ2) is 9.03. The first-order valence-corrected chi connectivity index (χ1v) is 9.16. The Morgan fingerprint density at radius 1 is 1.27 bits per heavy atom. The van der Waals surface area contributed by atoms with Gasteiger partial charge in [-0.25, -0.2) is 4.79 Å². The SMILES string of the molecule is COC(=O)c1ccc(Cl)c(NC(=O)C2CCN(C(=O)CC(C)C)CC2)c1. The number of carbonyl (C=O) groups excluding carboxylic acids is 3. The Balaban J connectivity index is 1.95. The molecule has 0 saturated carbocycles. The zero-order chi connectivity index (χ0) is 19.3. The average molecular weight is 381 g/mol. The van der Waals surface area contributed by atoms with Crippen LogP contribution in [-0.4, -0.2) is 42.9 Å². The molecule has 0 spiro atoms. The van der Waals surface area contributed by atoms with Crippen molar-refractivity contribution in [1.82, 2.24) is 4.90 Å². The van der Waals surface area contributed by atoms with E-state index in [1.807, 2.05) is 18.7 Å². The number of esters is 1. The normalized spacial score (nSPS) is 15.0. The average Bonchev–Trinajstić information content (AvgIpc) is 2.62. The van der Waals surface area contributed by atoms with Gasteiger partial charge in [0.05, 0.1) is 23.4 Å². The fraction of sp³-hybridized carbons (Fsp3) is 0.526. The number of rotatable bonds is 5. The third-order valence-corrected chi connectivity index (χ3v) is 4.78. The van der Waals surface area contributed by atoms with Crippen molar-refractivity contribution in [1.29, 1.82) is 0 Å². The fourth-order valence-electron chi connectivity index (χ4n) is 2.97. The summed E-state index contributed by atoms with van der Waals surface area (Å²) in [5.74, 6) is -0.351. The van der Waals surface area contributed by atoms with Crippen LogP contribution in [0.4, 0.5) is 5.69 Å². The van der Waals surface area contributed by atoms with Crippen molar-refractivity contribution < 1.29 is 19.1 Å². The van der Waals surface area contributed by atoms with E-state index in [4.69, 9.17) is 11.6 Å². The van der Waals surface area contributed by atoms with Crippen LogP contribution < -0.4 is 5.32 Å². The molecule has 1 N–H and O–H groups in total. The Bertz CT molecular complexity index is 682. The van der Waals surface area contributed by atoms with Crippen LogP contribution in [0.25, 0.3) is 0 Å². The molecule has 1 heterocycles. The Morgan fingerprint density at radius 3 is 2.50 bits per heavy atom. The van der Waals surface area contributed by atoms with Crippen molar-refractivity contribution in [3.05, 3.63) is 28.8 Å². The van der Waals surface area contributed by atoms with Crippen molar-refractivity contribution >= 4 is 35.1 Å². The van der Waals surface area contributed by atoms with Crippen LogP contribution in [0.15, 0.2) is 18.2 Å². The highest BCUT2D eigenvalue weighted by Gasteiger charge is 2.28. The topological polar surface area (TPSA) is 75.7 Å². The first-order chi connectivity index (χ1) is 12.3. The second-order valence-electron chi connectivity index (χ2n) is 6.93. The molecule has 26 heavy (non-hydrogen) atoms. The molecule has 1 aromatic rings. The second-order valence-corrected chi connectivity index (χ2v) is 7.34. The van der Waals surface area contributed by atoms with Gasteiger partial charge in [0.15, 0.2) is 0 Å². The molecule has 1 aliphatic rings. The predicted molar refractivity (Wildman–Crippen MR) is 100 cm³/mol. The monoisotopic (exact) mass is 380 g/mol. The third kappa shape index (κ3) is 5.21. The van der Waals surface area contributed by atoms with E-state index in [1.54, 1.807) is 12.1 Å². The number of ether oxygens (including phenoxy) is 1. The van der Waals surface area contributed by atoms with Gasteiger partial charge in [-0.3, -0.25) is 9.59 Å². The number of methoxy groups -OCH3 is 1. The van der Waals surface area contributed by atoms with Gasteiger partial charge in [0.25, 0.3) is 0 Å². The molecule has 6 nitrogen and oxygen atoms in total. The van der Waals surface area contributed by atoms with Gasteiger partial charge in [0.2, 0.25) is 11.8 Å². The van der Waals surface area contributed by atoms with Gasteiger partial charge in [0, 0.05) is 25.4 Å². The van der Waals surface area contributed by atoms with E-state index in [1.165, 1.54) is 13.2 Å². The number of carbonyl (C=O) groups is 3. The Morgan fingerprint density at radius 2 is 1.92 bits per heavy atom. The van der Waals surface area contributed by atoms with Gasteiger partial charge >= 0.3 is 5.97 Å². The lowest BCUT2D eigenvalue weighted by atomic mass is 9.95. The summed E-state index contributed by atoms with van der Waals surface area (Å²) in [5, 5.41) is 3.15. The standard InChI is InChI=1S/C19H25ClN2O4/c1-12(2)10-17(23)22-8-6-13(7-9-22)18(24)21-16-11-14(19(25)26-3)4-5-15(16)20/h4-5,11-13H,6-10H2,1-3H3,(H,21,24). The number of nitrogens with one attached hydrogen (secondary N) is 1. The molecule has 2 rings (SSSR count). The lowest BCUT2D eigenvalue weighted by Gasteiger charge is -2.32. The van der Waals surface area contributed by atoms with Crippen LogP contribution in [0.2, 0.25) is 5.02 Å². The summed E-state index contributed by atoms with van der Waals surface area (Å²) in [7, 11) is 1.30. The van der Waals surface area contributed by atoms with Crippen molar-refractivity contribution in [3.63, 3.8) is 0 Å². The van der Waals surface area contributed by atoms with E-state index in [0.717, 1.165) is 0 Å². The van der Waals surface area contributed by atoms with Gasteiger partial charge in [-0.05, 0) is 37.0 Å². The first kappa shape index (κ1) is 20.2. The highest BCUT2D eigenvalue weighted by Crippen LogP contribution is 2.26. The molecule has 1 aromatic carbocycles. The summed E-state index contributed by atoms with van der Waals surface area (Å²) in [4.78, 5) is 38.1. The van der Waals surface area contributed by atoms with E-state index in [9.17, 15) is 14.4 Å². The van der Waals surface area contributed by atoms with Crippen molar-refractivity contribution in [3.8, 4) is 0 Å². The molecule has 142 valence electrons. The van der Waals surface area contributed by atoms with Gasteiger partial charge in [0.1, 0.15) is 0 Å². The van der Waals surface area contributed by atoms with Gasteiger partial charge in [-0.1, -0.05) is 25.4 Å². The molecule has 1 aliphatic heterocycles. The molecule has 1 fully saturated rings. The molecule has 7 heteroatoms. The van der Waals surface area contributed by atoms with Gasteiger partial charge in [-0.2, -0.15) is 0 Å². The number of amides is 2. The number of halogens is 1. The molecular weight excluding hydrogens is 356 g/mol. The molecule has 2 amide bonds. The summed E-state index contributed by atoms with van der Waals surface area (Å²) in [6.45, 7) is 5.20. The molecule has 0 aromatic heterocycles. The van der Waals surface area contributed by atoms with E-state index < -0.39 is 5.97 Å². The van der Waals surface area contributed by atoms with Crippen LogP contribution in [0.5, 0.6) is 0 Å². The van der Waals surface area contributed by atoms with Crippen molar-refractivity contribution in [2.75, 3.05) is 25.5 Å². The smallest absolute Gasteiger partial charge is 0.337 e. The Labute approximate surface area is 158 Å². The van der Waals surface area contributed by atoms with E-state index in [2.05, 4.69) is 10.1 Å². The highest BCUT2D eigenvalue weighted by atomic mass is 35.5. The maximum absolute atomic E-state index is 12.5. The number of piperidine rings is 1. The maximum Gasteiger partial charge on any atom is 0.337 e. The Kier molecular flexibility index (Phi) is 7.03. The highest BCUT2D eigenvalue weighted by molar-refractivity contribution is 6.33. The van der Waals surface area contributed by atoms with Crippen LogP contribution >= 0.6 is 11.6 Å². The number of likely N-dealkylation sites (tertiary alicyclic amines) is 1.